The monoisotopic (exact) mass is 236 g/mol. The minimum absolute atomic E-state index is 0.0250. The summed E-state index contributed by atoms with van der Waals surface area (Å²) in [7, 11) is 0. The molecule has 4 heteroatoms. The zero-order chi connectivity index (χ0) is 12.3. The third-order valence-corrected chi connectivity index (χ3v) is 3.20. The maximum absolute atomic E-state index is 4.18. The predicted octanol–water partition coefficient (Wildman–Crippen LogP) is 2.31. The lowest BCUT2D eigenvalue weighted by Gasteiger charge is -2.17. The molecule has 1 saturated carbocycles. The molecule has 1 heterocycles. The standard InChI is InChI=1S/C13H24N4/c1-13(2,3)17-10-12(15-16-17)9-14-8-4-5-11-6-7-11/h10-11,14H,4-9H2,1-3H3. The Hall–Kier alpha value is -0.900. The predicted molar refractivity (Wildman–Crippen MR) is 68.7 cm³/mol. The Morgan fingerprint density at radius 3 is 2.76 bits per heavy atom. The molecule has 0 saturated heterocycles. The molecule has 0 amide bonds. The highest BCUT2D eigenvalue weighted by atomic mass is 15.4. The van der Waals surface area contributed by atoms with Gasteiger partial charge >= 0.3 is 0 Å². The Kier molecular flexibility index (Phi) is 3.82. The van der Waals surface area contributed by atoms with Crippen LogP contribution in [0.1, 0.15) is 52.1 Å². The van der Waals surface area contributed by atoms with Gasteiger partial charge in [0.2, 0.25) is 0 Å². The van der Waals surface area contributed by atoms with Gasteiger partial charge in [0.05, 0.1) is 17.4 Å². The smallest absolute Gasteiger partial charge is 0.0965 e. The number of nitrogens with zero attached hydrogens (tertiary/aromatic N) is 3. The maximum Gasteiger partial charge on any atom is 0.0965 e. The van der Waals surface area contributed by atoms with Crippen LogP contribution in [0.25, 0.3) is 0 Å². The summed E-state index contributed by atoms with van der Waals surface area (Å²) in [6, 6.07) is 0. The van der Waals surface area contributed by atoms with Crippen LogP contribution in [0.3, 0.4) is 0 Å². The summed E-state index contributed by atoms with van der Waals surface area (Å²) >= 11 is 0. The van der Waals surface area contributed by atoms with Gasteiger partial charge in [-0.25, -0.2) is 4.68 Å². The Morgan fingerprint density at radius 1 is 1.41 bits per heavy atom. The zero-order valence-corrected chi connectivity index (χ0v) is 11.2. The second-order valence-corrected chi connectivity index (χ2v) is 6.09. The van der Waals surface area contributed by atoms with Crippen LogP contribution in [-0.2, 0) is 12.1 Å². The molecule has 0 bridgehead atoms. The van der Waals surface area contributed by atoms with E-state index in [0.717, 1.165) is 24.7 Å². The third-order valence-electron chi connectivity index (χ3n) is 3.20. The largest absolute Gasteiger partial charge is 0.311 e. The lowest BCUT2D eigenvalue weighted by Crippen LogP contribution is -2.22. The van der Waals surface area contributed by atoms with Crippen LogP contribution in [0.2, 0.25) is 0 Å². The second-order valence-electron chi connectivity index (χ2n) is 6.09. The van der Waals surface area contributed by atoms with Gasteiger partial charge in [-0.05, 0) is 46.1 Å². The van der Waals surface area contributed by atoms with Gasteiger partial charge in [0.15, 0.2) is 0 Å². The Labute approximate surface area is 104 Å². The average Bonchev–Trinajstić information content (AvgIpc) is 2.92. The van der Waals surface area contributed by atoms with Gasteiger partial charge in [0.25, 0.3) is 0 Å². The molecular weight excluding hydrogens is 212 g/mol. The highest BCUT2D eigenvalue weighted by Crippen LogP contribution is 2.33. The molecule has 0 spiro atoms. The van der Waals surface area contributed by atoms with Gasteiger partial charge in [0.1, 0.15) is 0 Å². The first kappa shape index (κ1) is 12.6. The van der Waals surface area contributed by atoms with E-state index in [2.05, 4.69) is 36.4 Å². The van der Waals surface area contributed by atoms with Crippen LogP contribution >= 0.6 is 0 Å². The van der Waals surface area contributed by atoms with E-state index < -0.39 is 0 Å². The van der Waals surface area contributed by atoms with Crippen molar-refractivity contribution in [3.8, 4) is 0 Å². The van der Waals surface area contributed by atoms with Crippen molar-refractivity contribution >= 4 is 0 Å². The van der Waals surface area contributed by atoms with Crippen LogP contribution in [0.4, 0.5) is 0 Å². The van der Waals surface area contributed by atoms with E-state index in [4.69, 9.17) is 0 Å². The van der Waals surface area contributed by atoms with Crippen LogP contribution in [0.15, 0.2) is 6.20 Å². The van der Waals surface area contributed by atoms with Crippen molar-refractivity contribution in [2.24, 2.45) is 5.92 Å². The summed E-state index contributed by atoms with van der Waals surface area (Å²) in [4.78, 5) is 0. The first-order chi connectivity index (χ1) is 8.05. The van der Waals surface area contributed by atoms with Crippen LogP contribution in [0, 0.1) is 5.92 Å². The summed E-state index contributed by atoms with van der Waals surface area (Å²) in [5, 5.41) is 11.8. The minimum atomic E-state index is 0.0250. The van der Waals surface area contributed by atoms with Crippen molar-refractivity contribution in [3.63, 3.8) is 0 Å². The number of nitrogens with one attached hydrogen (secondary N) is 1. The van der Waals surface area contributed by atoms with E-state index in [1.54, 1.807) is 0 Å². The second kappa shape index (κ2) is 5.17. The van der Waals surface area contributed by atoms with Gasteiger partial charge in [-0.15, -0.1) is 5.10 Å². The van der Waals surface area contributed by atoms with Crippen molar-refractivity contribution in [1.82, 2.24) is 20.3 Å². The molecule has 1 aromatic heterocycles. The van der Waals surface area contributed by atoms with Gasteiger partial charge in [-0.3, -0.25) is 0 Å². The van der Waals surface area contributed by atoms with Crippen molar-refractivity contribution < 1.29 is 0 Å². The number of hydrogen-bond acceptors (Lipinski definition) is 3. The SMILES string of the molecule is CC(C)(C)n1cc(CNCCCC2CC2)nn1. The summed E-state index contributed by atoms with van der Waals surface area (Å²) in [5.74, 6) is 1.04. The van der Waals surface area contributed by atoms with Crippen LogP contribution in [0.5, 0.6) is 0 Å². The average molecular weight is 236 g/mol. The molecule has 96 valence electrons. The van der Waals surface area contributed by atoms with Gasteiger partial charge in [-0.2, -0.15) is 0 Å². The number of rotatable bonds is 6. The first-order valence-corrected chi connectivity index (χ1v) is 6.68. The van der Waals surface area contributed by atoms with Crippen molar-refractivity contribution in [2.75, 3.05) is 6.54 Å². The van der Waals surface area contributed by atoms with Gasteiger partial charge < -0.3 is 5.32 Å². The van der Waals surface area contributed by atoms with Gasteiger partial charge in [0, 0.05) is 6.54 Å². The molecule has 1 aliphatic carbocycles. The van der Waals surface area contributed by atoms with Crippen molar-refractivity contribution in [2.45, 2.75) is 58.5 Å². The lowest BCUT2D eigenvalue weighted by atomic mass is 10.1. The molecule has 1 fully saturated rings. The van der Waals surface area contributed by atoms with E-state index in [1.165, 1.54) is 25.7 Å². The zero-order valence-electron chi connectivity index (χ0n) is 11.2. The quantitative estimate of drug-likeness (QED) is 0.771. The molecule has 0 atom stereocenters. The minimum Gasteiger partial charge on any atom is -0.311 e. The molecule has 1 N–H and O–H groups in total. The molecule has 2 rings (SSSR count). The fourth-order valence-electron chi connectivity index (χ4n) is 1.85. The molecule has 0 aliphatic heterocycles. The fourth-order valence-corrected chi connectivity index (χ4v) is 1.85. The van der Waals surface area contributed by atoms with Crippen molar-refractivity contribution in [3.05, 3.63) is 11.9 Å². The van der Waals surface area contributed by atoms with E-state index in [0.29, 0.717) is 0 Å². The summed E-state index contributed by atoms with van der Waals surface area (Å²) in [6.45, 7) is 8.33. The molecule has 17 heavy (non-hydrogen) atoms. The number of aromatic nitrogens is 3. The first-order valence-electron chi connectivity index (χ1n) is 6.68. The van der Waals surface area contributed by atoms with E-state index in [-0.39, 0.29) is 5.54 Å². The van der Waals surface area contributed by atoms with Crippen LogP contribution in [-0.4, -0.2) is 21.5 Å². The molecule has 1 aromatic rings. The molecular formula is C13H24N4. The van der Waals surface area contributed by atoms with E-state index in [9.17, 15) is 0 Å². The molecule has 1 aliphatic rings. The Morgan fingerprint density at radius 2 is 2.18 bits per heavy atom. The summed E-state index contributed by atoms with van der Waals surface area (Å²) < 4.78 is 1.92. The third kappa shape index (κ3) is 4.11. The Balaban J connectivity index is 1.66. The summed E-state index contributed by atoms with van der Waals surface area (Å²) in [6.07, 6.45) is 7.63. The number of hydrogen-bond donors (Lipinski definition) is 1. The molecule has 0 unspecified atom stereocenters. The lowest BCUT2D eigenvalue weighted by molar-refractivity contribution is 0.347. The highest BCUT2D eigenvalue weighted by Gasteiger charge is 2.20. The molecule has 0 aromatic carbocycles. The summed E-state index contributed by atoms with van der Waals surface area (Å²) in [5.41, 5.74) is 1.06. The highest BCUT2D eigenvalue weighted by molar-refractivity contribution is 4.94. The van der Waals surface area contributed by atoms with E-state index in [1.807, 2.05) is 10.9 Å². The normalized spacial score (nSPS) is 16.4. The Bertz CT molecular complexity index is 347. The fraction of sp³-hybridized carbons (Fsp3) is 0.846. The topological polar surface area (TPSA) is 42.7 Å². The van der Waals surface area contributed by atoms with Crippen LogP contribution < -0.4 is 5.32 Å². The molecule has 4 nitrogen and oxygen atoms in total. The van der Waals surface area contributed by atoms with Gasteiger partial charge in [-0.1, -0.05) is 18.1 Å². The van der Waals surface area contributed by atoms with E-state index >= 15 is 0 Å². The maximum atomic E-state index is 4.18. The van der Waals surface area contributed by atoms with Crippen molar-refractivity contribution in [1.29, 1.82) is 0 Å². The molecule has 0 radical (unpaired) electrons.